The fourth-order valence-electron chi connectivity index (χ4n) is 2.67. The molecule has 4 N–H and O–H groups in total. The Kier molecular flexibility index (Phi) is 8.59. The summed E-state index contributed by atoms with van der Waals surface area (Å²) < 4.78 is 0. The van der Waals surface area contributed by atoms with E-state index < -0.39 is 6.10 Å². The number of aromatic hydroxyl groups is 1. The largest absolute Gasteiger partial charge is 0.507 e. The lowest BCUT2D eigenvalue weighted by Crippen LogP contribution is -2.20. The first-order valence-electron chi connectivity index (χ1n) is 8.67. The minimum atomic E-state index is -0.435. The number of unbranched alkanes of at least 4 members (excludes halogenated alkanes) is 1. The fourth-order valence-corrected chi connectivity index (χ4v) is 2.67. The molecule has 0 saturated heterocycles. The molecule has 132 valence electrons. The molecule has 1 aromatic rings. The molecule has 0 aliphatic carbocycles. The Bertz CT molecular complexity index is 454. The van der Waals surface area contributed by atoms with Gasteiger partial charge in [0.25, 0.3) is 0 Å². The molecule has 0 aliphatic heterocycles. The third-order valence-electron chi connectivity index (χ3n) is 4.04. The summed E-state index contributed by atoms with van der Waals surface area (Å²) in [6.07, 6.45) is 3.48. The molecular formula is C19H33NO3. The maximum atomic E-state index is 10.4. The van der Waals surface area contributed by atoms with Gasteiger partial charge in [0.05, 0.1) is 6.10 Å². The monoisotopic (exact) mass is 323 g/mol. The maximum Gasteiger partial charge on any atom is 0.122 e. The highest BCUT2D eigenvalue weighted by Gasteiger charge is 2.20. The summed E-state index contributed by atoms with van der Waals surface area (Å²) in [5.74, 6) is 0.321. The Labute approximate surface area is 140 Å². The first-order chi connectivity index (χ1) is 10.9. The van der Waals surface area contributed by atoms with Crippen molar-refractivity contribution in [2.75, 3.05) is 19.7 Å². The zero-order chi connectivity index (χ0) is 17.3. The Morgan fingerprint density at radius 2 is 1.78 bits per heavy atom. The highest BCUT2D eigenvalue weighted by atomic mass is 16.3. The SMILES string of the molecule is CC(C)(C)c1cccc(CC(O)CCCNCCCCO)c1O. The number of nitrogens with one attached hydrogen (secondary N) is 1. The summed E-state index contributed by atoms with van der Waals surface area (Å²) in [4.78, 5) is 0. The molecule has 0 radical (unpaired) electrons. The summed E-state index contributed by atoms with van der Waals surface area (Å²) in [6.45, 7) is 8.25. The van der Waals surface area contributed by atoms with Gasteiger partial charge in [0.2, 0.25) is 0 Å². The minimum Gasteiger partial charge on any atom is -0.507 e. The molecule has 4 heteroatoms. The van der Waals surface area contributed by atoms with E-state index in [1.54, 1.807) is 0 Å². The standard InChI is InChI=1S/C19H33NO3/c1-19(2,3)17-10-6-8-15(18(17)23)14-16(22)9-7-12-20-11-4-5-13-21/h6,8,10,16,20-23H,4-5,7,9,11-14H2,1-3H3. The van der Waals surface area contributed by atoms with Crippen molar-refractivity contribution in [1.82, 2.24) is 5.32 Å². The van der Waals surface area contributed by atoms with Crippen LogP contribution < -0.4 is 5.32 Å². The van der Waals surface area contributed by atoms with Crippen LogP contribution in [0.2, 0.25) is 0 Å². The van der Waals surface area contributed by atoms with Crippen LogP contribution in [-0.4, -0.2) is 41.1 Å². The highest BCUT2D eigenvalue weighted by Crippen LogP contribution is 2.33. The van der Waals surface area contributed by atoms with Gasteiger partial charge in [-0.1, -0.05) is 39.0 Å². The molecule has 0 aromatic heterocycles. The predicted molar refractivity (Wildman–Crippen MR) is 94.9 cm³/mol. The quantitative estimate of drug-likeness (QED) is 0.500. The Morgan fingerprint density at radius 3 is 2.43 bits per heavy atom. The van der Waals surface area contributed by atoms with Gasteiger partial charge < -0.3 is 20.6 Å². The third kappa shape index (κ3) is 7.34. The van der Waals surface area contributed by atoms with Gasteiger partial charge in [-0.2, -0.15) is 0 Å². The number of benzene rings is 1. The van der Waals surface area contributed by atoms with Crippen molar-refractivity contribution in [2.24, 2.45) is 0 Å². The summed E-state index contributed by atoms with van der Waals surface area (Å²) in [6, 6.07) is 5.79. The van der Waals surface area contributed by atoms with Crippen LogP contribution in [0.5, 0.6) is 5.75 Å². The van der Waals surface area contributed by atoms with E-state index in [0.717, 1.165) is 43.5 Å². The van der Waals surface area contributed by atoms with Crippen molar-refractivity contribution < 1.29 is 15.3 Å². The van der Waals surface area contributed by atoms with Crippen LogP contribution in [0, 0.1) is 0 Å². The first kappa shape index (κ1) is 19.9. The number of phenolic OH excluding ortho intramolecular Hbond substituents is 1. The lowest BCUT2D eigenvalue weighted by Gasteiger charge is -2.22. The molecule has 23 heavy (non-hydrogen) atoms. The molecule has 0 bridgehead atoms. The van der Waals surface area contributed by atoms with Crippen LogP contribution >= 0.6 is 0 Å². The summed E-state index contributed by atoms with van der Waals surface area (Å²) in [5, 5.41) is 32.6. The van der Waals surface area contributed by atoms with Gasteiger partial charge in [0.1, 0.15) is 5.75 Å². The normalized spacial score (nSPS) is 13.3. The van der Waals surface area contributed by atoms with Gasteiger partial charge in [0, 0.05) is 13.0 Å². The first-order valence-corrected chi connectivity index (χ1v) is 8.67. The maximum absolute atomic E-state index is 10.4. The summed E-state index contributed by atoms with van der Waals surface area (Å²) >= 11 is 0. The molecule has 1 unspecified atom stereocenters. The molecule has 4 nitrogen and oxygen atoms in total. The number of aliphatic hydroxyl groups is 2. The molecule has 0 aliphatic rings. The van der Waals surface area contributed by atoms with E-state index in [1.807, 2.05) is 18.2 Å². The predicted octanol–water partition coefficient (Wildman–Crippen LogP) is 2.74. The summed E-state index contributed by atoms with van der Waals surface area (Å²) in [7, 11) is 0. The Balaban J connectivity index is 2.39. The third-order valence-corrected chi connectivity index (χ3v) is 4.04. The van der Waals surface area contributed by atoms with Crippen LogP contribution in [0.4, 0.5) is 0 Å². The molecule has 0 amide bonds. The van der Waals surface area contributed by atoms with Gasteiger partial charge in [-0.05, 0) is 55.3 Å². The van der Waals surface area contributed by atoms with Crippen LogP contribution in [-0.2, 0) is 11.8 Å². The van der Waals surface area contributed by atoms with Crippen molar-refractivity contribution in [3.05, 3.63) is 29.3 Å². The minimum absolute atomic E-state index is 0.108. The van der Waals surface area contributed by atoms with Crippen molar-refractivity contribution >= 4 is 0 Å². The van der Waals surface area contributed by atoms with E-state index in [2.05, 4.69) is 26.1 Å². The fraction of sp³-hybridized carbons (Fsp3) is 0.684. The molecule has 0 heterocycles. The zero-order valence-electron chi connectivity index (χ0n) is 14.8. The second kappa shape index (κ2) is 9.91. The molecule has 1 atom stereocenters. The van der Waals surface area contributed by atoms with Crippen molar-refractivity contribution in [3.63, 3.8) is 0 Å². The van der Waals surface area contributed by atoms with Crippen LogP contribution in [0.3, 0.4) is 0 Å². The van der Waals surface area contributed by atoms with Crippen molar-refractivity contribution in [3.8, 4) is 5.75 Å². The van der Waals surface area contributed by atoms with E-state index >= 15 is 0 Å². The van der Waals surface area contributed by atoms with Crippen LogP contribution in [0.15, 0.2) is 18.2 Å². The van der Waals surface area contributed by atoms with E-state index in [-0.39, 0.29) is 12.0 Å². The van der Waals surface area contributed by atoms with Crippen molar-refractivity contribution in [2.45, 2.75) is 64.4 Å². The summed E-state index contributed by atoms with van der Waals surface area (Å²) in [5.41, 5.74) is 1.64. The Hall–Kier alpha value is -1.10. The topological polar surface area (TPSA) is 72.7 Å². The molecular weight excluding hydrogens is 290 g/mol. The van der Waals surface area contributed by atoms with Gasteiger partial charge in [-0.25, -0.2) is 0 Å². The van der Waals surface area contributed by atoms with Crippen molar-refractivity contribution in [1.29, 1.82) is 0 Å². The smallest absolute Gasteiger partial charge is 0.122 e. The van der Waals surface area contributed by atoms with Gasteiger partial charge in [-0.3, -0.25) is 0 Å². The number of aliphatic hydroxyl groups excluding tert-OH is 2. The van der Waals surface area contributed by atoms with E-state index in [0.29, 0.717) is 18.6 Å². The number of rotatable bonds is 10. The average molecular weight is 323 g/mol. The number of hydrogen-bond donors (Lipinski definition) is 4. The molecule has 1 rings (SSSR count). The van der Waals surface area contributed by atoms with E-state index in [1.165, 1.54) is 0 Å². The Morgan fingerprint density at radius 1 is 1.09 bits per heavy atom. The molecule has 1 aromatic carbocycles. The zero-order valence-corrected chi connectivity index (χ0v) is 14.8. The van der Waals surface area contributed by atoms with Gasteiger partial charge >= 0.3 is 0 Å². The number of phenols is 1. The second-order valence-electron chi connectivity index (χ2n) is 7.24. The molecule has 0 spiro atoms. The second-order valence-corrected chi connectivity index (χ2v) is 7.24. The number of hydrogen-bond acceptors (Lipinski definition) is 4. The molecule has 0 saturated carbocycles. The van der Waals surface area contributed by atoms with Gasteiger partial charge in [-0.15, -0.1) is 0 Å². The lowest BCUT2D eigenvalue weighted by molar-refractivity contribution is 0.161. The van der Waals surface area contributed by atoms with Crippen LogP contribution in [0.25, 0.3) is 0 Å². The van der Waals surface area contributed by atoms with E-state index in [9.17, 15) is 10.2 Å². The molecule has 0 fully saturated rings. The van der Waals surface area contributed by atoms with Gasteiger partial charge in [0.15, 0.2) is 0 Å². The lowest BCUT2D eigenvalue weighted by atomic mass is 9.84. The van der Waals surface area contributed by atoms with E-state index in [4.69, 9.17) is 5.11 Å². The number of para-hydroxylation sites is 1. The average Bonchev–Trinajstić information content (AvgIpc) is 2.47. The highest BCUT2D eigenvalue weighted by molar-refractivity contribution is 5.44. The van der Waals surface area contributed by atoms with Crippen LogP contribution in [0.1, 0.15) is 57.6 Å².